The molecule has 3 atom stereocenters. The molecule has 0 saturated heterocycles. The summed E-state index contributed by atoms with van der Waals surface area (Å²) in [6.45, 7) is 4.43. The molecule has 1 saturated carbocycles. The largest absolute Gasteiger partial charge is 0.488 e. The van der Waals surface area contributed by atoms with E-state index in [4.69, 9.17) is 4.74 Å². The van der Waals surface area contributed by atoms with Crippen LogP contribution in [0.25, 0.3) is 0 Å². The lowest BCUT2D eigenvalue weighted by atomic mass is 9.99. The van der Waals surface area contributed by atoms with Gasteiger partial charge in [0.15, 0.2) is 0 Å². The van der Waals surface area contributed by atoms with Gasteiger partial charge in [0.05, 0.1) is 6.10 Å². The predicted octanol–water partition coefficient (Wildman–Crippen LogP) is 3.49. The summed E-state index contributed by atoms with van der Waals surface area (Å²) in [5.41, 5.74) is 1.35. The molecule has 3 unspecified atom stereocenters. The quantitative estimate of drug-likeness (QED) is 0.864. The number of rotatable bonds is 4. The van der Waals surface area contributed by atoms with E-state index in [1.54, 1.807) is 0 Å². The molecule has 0 spiro atoms. The van der Waals surface area contributed by atoms with Crippen LogP contribution in [0.1, 0.15) is 51.0 Å². The maximum Gasteiger partial charge on any atom is 0.124 e. The topological polar surface area (TPSA) is 29.5 Å². The molecule has 2 rings (SSSR count). The van der Waals surface area contributed by atoms with Crippen LogP contribution in [0.4, 0.5) is 0 Å². The van der Waals surface area contributed by atoms with E-state index >= 15 is 0 Å². The van der Waals surface area contributed by atoms with Crippen molar-refractivity contribution in [3.05, 3.63) is 29.8 Å². The molecule has 94 valence electrons. The first-order valence-electron chi connectivity index (χ1n) is 6.65. The molecule has 0 bridgehead atoms. The smallest absolute Gasteiger partial charge is 0.124 e. The molecule has 1 aliphatic rings. The van der Waals surface area contributed by atoms with E-state index in [1.165, 1.54) is 5.56 Å². The van der Waals surface area contributed by atoms with Crippen molar-refractivity contribution in [2.24, 2.45) is 0 Å². The van der Waals surface area contributed by atoms with Crippen LogP contribution in [0, 0.1) is 0 Å². The summed E-state index contributed by atoms with van der Waals surface area (Å²) in [5, 5.41) is 9.71. The zero-order valence-corrected chi connectivity index (χ0v) is 10.7. The highest BCUT2D eigenvalue weighted by Crippen LogP contribution is 2.26. The van der Waals surface area contributed by atoms with Crippen molar-refractivity contribution in [3.8, 4) is 5.75 Å². The first kappa shape index (κ1) is 12.4. The van der Waals surface area contributed by atoms with Gasteiger partial charge in [-0.2, -0.15) is 0 Å². The average molecular weight is 234 g/mol. The molecule has 1 aromatic carbocycles. The maximum absolute atomic E-state index is 9.71. The van der Waals surface area contributed by atoms with Crippen molar-refractivity contribution in [2.45, 2.75) is 57.7 Å². The molecule has 2 heteroatoms. The highest BCUT2D eigenvalue weighted by molar-refractivity contribution is 5.29. The van der Waals surface area contributed by atoms with E-state index < -0.39 is 0 Å². The van der Waals surface area contributed by atoms with Crippen LogP contribution in [-0.2, 0) is 0 Å². The molecule has 0 aliphatic heterocycles. The molecule has 0 heterocycles. The Kier molecular flexibility index (Phi) is 4.06. The Labute approximate surface area is 104 Å². The van der Waals surface area contributed by atoms with Crippen molar-refractivity contribution in [3.63, 3.8) is 0 Å². The van der Waals surface area contributed by atoms with E-state index in [1.807, 2.05) is 12.1 Å². The summed E-state index contributed by atoms with van der Waals surface area (Å²) in [7, 11) is 0. The third-order valence-electron chi connectivity index (χ3n) is 3.77. The fourth-order valence-electron chi connectivity index (χ4n) is 2.33. The Morgan fingerprint density at radius 3 is 2.53 bits per heavy atom. The second-order valence-corrected chi connectivity index (χ2v) is 5.03. The van der Waals surface area contributed by atoms with E-state index in [0.29, 0.717) is 5.92 Å². The number of aliphatic hydroxyl groups excluding tert-OH is 1. The van der Waals surface area contributed by atoms with E-state index in [-0.39, 0.29) is 12.2 Å². The van der Waals surface area contributed by atoms with Crippen LogP contribution < -0.4 is 4.74 Å². The van der Waals surface area contributed by atoms with Crippen LogP contribution >= 0.6 is 0 Å². The summed E-state index contributed by atoms with van der Waals surface area (Å²) in [4.78, 5) is 0. The van der Waals surface area contributed by atoms with Gasteiger partial charge in [0.2, 0.25) is 0 Å². The second kappa shape index (κ2) is 5.54. The molecule has 1 fully saturated rings. The molecule has 2 nitrogen and oxygen atoms in total. The predicted molar refractivity (Wildman–Crippen MR) is 69.4 cm³/mol. The number of benzene rings is 1. The molecular weight excluding hydrogens is 212 g/mol. The Hall–Kier alpha value is -1.02. The fraction of sp³-hybridized carbons (Fsp3) is 0.600. The highest BCUT2D eigenvalue weighted by Gasteiger charge is 2.26. The van der Waals surface area contributed by atoms with Crippen LogP contribution in [-0.4, -0.2) is 17.3 Å². The van der Waals surface area contributed by atoms with Gasteiger partial charge < -0.3 is 9.84 Å². The summed E-state index contributed by atoms with van der Waals surface area (Å²) >= 11 is 0. The Morgan fingerprint density at radius 1 is 1.29 bits per heavy atom. The van der Waals surface area contributed by atoms with Crippen LogP contribution in [0.2, 0.25) is 0 Å². The Balaban J connectivity index is 1.98. The Bertz CT molecular complexity index is 344. The Morgan fingerprint density at radius 2 is 2.00 bits per heavy atom. The molecule has 0 radical (unpaired) electrons. The normalized spacial score (nSPS) is 25.8. The third-order valence-corrected chi connectivity index (χ3v) is 3.77. The zero-order valence-electron chi connectivity index (χ0n) is 10.7. The fourth-order valence-corrected chi connectivity index (χ4v) is 2.33. The molecule has 1 aromatic rings. The summed E-state index contributed by atoms with van der Waals surface area (Å²) in [5.74, 6) is 1.48. The van der Waals surface area contributed by atoms with Gasteiger partial charge in [-0.05, 0) is 49.3 Å². The summed E-state index contributed by atoms with van der Waals surface area (Å²) in [6.07, 6.45) is 3.76. The van der Waals surface area contributed by atoms with Gasteiger partial charge in [-0.15, -0.1) is 0 Å². The van der Waals surface area contributed by atoms with Gasteiger partial charge in [-0.3, -0.25) is 0 Å². The van der Waals surface area contributed by atoms with Gasteiger partial charge in [0.1, 0.15) is 11.9 Å². The summed E-state index contributed by atoms with van der Waals surface area (Å²) < 4.78 is 5.81. The van der Waals surface area contributed by atoms with Crippen LogP contribution in [0.3, 0.4) is 0 Å². The number of aliphatic hydroxyl groups is 1. The van der Waals surface area contributed by atoms with Gasteiger partial charge in [-0.1, -0.05) is 26.0 Å². The summed E-state index contributed by atoms with van der Waals surface area (Å²) in [6, 6.07) is 8.30. The minimum atomic E-state index is -0.288. The SMILES string of the molecule is CCC(C)c1ccc(OC2CCCC2O)cc1. The van der Waals surface area contributed by atoms with Crippen molar-refractivity contribution < 1.29 is 9.84 Å². The van der Waals surface area contributed by atoms with E-state index in [9.17, 15) is 5.11 Å². The van der Waals surface area contributed by atoms with Crippen molar-refractivity contribution in [1.29, 1.82) is 0 Å². The lowest BCUT2D eigenvalue weighted by Gasteiger charge is -2.17. The van der Waals surface area contributed by atoms with E-state index in [0.717, 1.165) is 31.4 Å². The van der Waals surface area contributed by atoms with Crippen LogP contribution in [0.15, 0.2) is 24.3 Å². The van der Waals surface area contributed by atoms with Gasteiger partial charge >= 0.3 is 0 Å². The number of hydrogen-bond donors (Lipinski definition) is 1. The van der Waals surface area contributed by atoms with Gasteiger partial charge in [0.25, 0.3) is 0 Å². The molecule has 0 amide bonds. The van der Waals surface area contributed by atoms with Crippen molar-refractivity contribution >= 4 is 0 Å². The molecule has 1 aliphatic carbocycles. The lowest BCUT2D eigenvalue weighted by Crippen LogP contribution is -2.25. The first-order chi connectivity index (χ1) is 8.20. The minimum Gasteiger partial charge on any atom is -0.488 e. The number of ether oxygens (including phenoxy) is 1. The third kappa shape index (κ3) is 3.01. The monoisotopic (exact) mass is 234 g/mol. The average Bonchev–Trinajstić information content (AvgIpc) is 2.75. The maximum atomic E-state index is 9.71. The molecular formula is C15H22O2. The van der Waals surface area contributed by atoms with Crippen molar-refractivity contribution in [1.82, 2.24) is 0 Å². The first-order valence-corrected chi connectivity index (χ1v) is 6.65. The van der Waals surface area contributed by atoms with Gasteiger partial charge in [-0.25, -0.2) is 0 Å². The van der Waals surface area contributed by atoms with E-state index in [2.05, 4.69) is 26.0 Å². The second-order valence-electron chi connectivity index (χ2n) is 5.03. The molecule has 1 N–H and O–H groups in total. The van der Waals surface area contributed by atoms with Crippen molar-refractivity contribution in [2.75, 3.05) is 0 Å². The zero-order chi connectivity index (χ0) is 12.3. The lowest BCUT2D eigenvalue weighted by molar-refractivity contribution is 0.0604. The molecule has 0 aromatic heterocycles. The standard InChI is InChI=1S/C15H22O2/c1-3-11(2)12-7-9-13(10-8-12)17-15-6-4-5-14(15)16/h7-11,14-16H,3-6H2,1-2H3. The molecule has 17 heavy (non-hydrogen) atoms. The highest BCUT2D eigenvalue weighted by atomic mass is 16.5. The van der Waals surface area contributed by atoms with Crippen LogP contribution in [0.5, 0.6) is 5.75 Å². The number of hydrogen-bond acceptors (Lipinski definition) is 2. The van der Waals surface area contributed by atoms with Gasteiger partial charge in [0, 0.05) is 0 Å². The minimum absolute atomic E-state index is 0.00977.